The number of nitrogens with zero attached hydrogens (tertiary/aromatic N) is 2. The van der Waals surface area contributed by atoms with Gasteiger partial charge in [0.15, 0.2) is 0 Å². The molecule has 15 heavy (non-hydrogen) atoms. The average molecular weight is 211 g/mol. The topological polar surface area (TPSA) is 48.3 Å². The molecule has 2 atom stereocenters. The second kappa shape index (κ2) is 6.78. The first-order chi connectivity index (χ1) is 7.31. The number of hydrogen-bond donors (Lipinski definition) is 1. The van der Waals surface area contributed by atoms with Crippen LogP contribution in [0.15, 0.2) is 0 Å². The van der Waals surface area contributed by atoms with Crippen LogP contribution >= 0.6 is 0 Å². The van der Waals surface area contributed by atoms with Crippen molar-refractivity contribution in [3.63, 3.8) is 0 Å². The molecule has 0 aromatic heterocycles. The normalized spacial score (nSPS) is 24.7. The minimum absolute atomic E-state index is 0.0536. The zero-order valence-electron chi connectivity index (χ0n) is 9.70. The van der Waals surface area contributed by atoms with Crippen molar-refractivity contribution in [3.8, 4) is 6.07 Å². The third-order valence-electron chi connectivity index (χ3n) is 2.84. The zero-order chi connectivity index (χ0) is 11.1. The molecule has 4 heteroatoms. The Kier molecular flexibility index (Phi) is 5.62. The van der Waals surface area contributed by atoms with Gasteiger partial charge in [0.05, 0.1) is 19.3 Å². The van der Waals surface area contributed by atoms with Crippen LogP contribution in [0.3, 0.4) is 0 Å². The van der Waals surface area contributed by atoms with Gasteiger partial charge in [-0.3, -0.25) is 4.90 Å². The molecule has 0 saturated carbocycles. The molecule has 1 N–H and O–H groups in total. The molecule has 4 nitrogen and oxygen atoms in total. The number of likely N-dealkylation sites (N-methyl/N-ethyl adjacent to an activating group) is 1. The van der Waals surface area contributed by atoms with Gasteiger partial charge in [0, 0.05) is 19.1 Å². The Bertz CT molecular complexity index is 214. The molecule has 1 heterocycles. The average Bonchev–Trinajstić information content (AvgIpc) is 2.29. The SMILES string of the molecule is CCNC(C#N)CN1CCOCC1CC. The molecule has 0 aromatic rings. The van der Waals surface area contributed by atoms with Crippen molar-refractivity contribution in [2.45, 2.75) is 32.4 Å². The van der Waals surface area contributed by atoms with Gasteiger partial charge in [-0.05, 0) is 13.0 Å². The fourth-order valence-electron chi connectivity index (χ4n) is 1.94. The Hall–Kier alpha value is -0.630. The Morgan fingerprint density at radius 3 is 3.00 bits per heavy atom. The van der Waals surface area contributed by atoms with Gasteiger partial charge in [-0.15, -0.1) is 0 Å². The summed E-state index contributed by atoms with van der Waals surface area (Å²) in [5, 5.41) is 12.2. The number of rotatable bonds is 5. The van der Waals surface area contributed by atoms with Crippen LogP contribution in [0.4, 0.5) is 0 Å². The Balaban J connectivity index is 2.43. The molecule has 2 unspecified atom stereocenters. The van der Waals surface area contributed by atoms with Gasteiger partial charge in [0.2, 0.25) is 0 Å². The second-order valence-corrected chi connectivity index (χ2v) is 3.87. The smallest absolute Gasteiger partial charge is 0.108 e. The van der Waals surface area contributed by atoms with Crippen molar-refractivity contribution in [2.24, 2.45) is 0 Å². The first kappa shape index (κ1) is 12.4. The highest BCUT2D eigenvalue weighted by Gasteiger charge is 2.23. The summed E-state index contributed by atoms with van der Waals surface area (Å²) in [5.41, 5.74) is 0. The molecule has 86 valence electrons. The number of hydrogen-bond acceptors (Lipinski definition) is 4. The summed E-state index contributed by atoms with van der Waals surface area (Å²) in [5.74, 6) is 0. The molecule has 1 saturated heterocycles. The molecular formula is C11H21N3O. The number of ether oxygens (including phenoxy) is 1. The predicted octanol–water partition coefficient (Wildman–Crippen LogP) is 0.599. The second-order valence-electron chi connectivity index (χ2n) is 3.87. The highest BCUT2D eigenvalue weighted by Crippen LogP contribution is 2.10. The Morgan fingerprint density at radius 1 is 1.60 bits per heavy atom. The number of morpholine rings is 1. The summed E-state index contributed by atoms with van der Waals surface area (Å²) in [7, 11) is 0. The highest BCUT2D eigenvalue weighted by molar-refractivity contribution is 4.93. The summed E-state index contributed by atoms with van der Waals surface area (Å²) in [6.45, 7) is 8.40. The van der Waals surface area contributed by atoms with Crippen molar-refractivity contribution in [1.29, 1.82) is 5.26 Å². The summed E-state index contributed by atoms with van der Waals surface area (Å²) < 4.78 is 5.43. The monoisotopic (exact) mass is 211 g/mol. The lowest BCUT2D eigenvalue weighted by Gasteiger charge is -2.36. The van der Waals surface area contributed by atoms with Gasteiger partial charge in [-0.25, -0.2) is 0 Å². The lowest BCUT2D eigenvalue weighted by atomic mass is 10.1. The van der Waals surface area contributed by atoms with Crippen LogP contribution in [0.25, 0.3) is 0 Å². The first-order valence-electron chi connectivity index (χ1n) is 5.76. The van der Waals surface area contributed by atoms with E-state index in [0.29, 0.717) is 6.04 Å². The lowest BCUT2D eigenvalue weighted by Crippen LogP contribution is -2.50. The van der Waals surface area contributed by atoms with E-state index in [1.165, 1.54) is 0 Å². The summed E-state index contributed by atoms with van der Waals surface area (Å²) in [4.78, 5) is 2.36. The molecule has 1 fully saturated rings. The molecule has 0 spiro atoms. The molecule has 0 bridgehead atoms. The molecule has 0 radical (unpaired) electrons. The number of nitrogens with one attached hydrogen (secondary N) is 1. The van der Waals surface area contributed by atoms with E-state index in [9.17, 15) is 0 Å². The Morgan fingerprint density at radius 2 is 2.40 bits per heavy atom. The maximum absolute atomic E-state index is 8.98. The van der Waals surface area contributed by atoms with Crippen LogP contribution in [0, 0.1) is 11.3 Å². The summed E-state index contributed by atoms with van der Waals surface area (Å²) >= 11 is 0. The van der Waals surface area contributed by atoms with Crippen LogP contribution in [0.5, 0.6) is 0 Å². The summed E-state index contributed by atoms with van der Waals surface area (Å²) in [6.07, 6.45) is 1.09. The third-order valence-corrected chi connectivity index (χ3v) is 2.84. The van der Waals surface area contributed by atoms with Crippen molar-refractivity contribution >= 4 is 0 Å². The van der Waals surface area contributed by atoms with Crippen molar-refractivity contribution in [1.82, 2.24) is 10.2 Å². The highest BCUT2D eigenvalue weighted by atomic mass is 16.5. The fourth-order valence-corrected chi connectivity index (χ4v) is 1.94. The van der Waals surface area contributed by atoms with Crippen molar-refractivity contribution in [3.05, 3.63) is 0 Å². The van der Waals surface area contributed by atoms with E-state index in [2.05, 4.69) is 23.2 Å². The minimum Gasteiger partial charge on any atom is -0.378 e. The van der Waals surface area contributed by atoms with Crippen LogP contribution < -0.4 is 5.32 Å². The zero-order valence-corrected chi connectivity index (χ0v) is 9.70. The largest absolute Gasteiger partial charge is 0.378 e. The molecule has 0 aromatic carbocycles. The minimum atomic E-state index is -0.0536. The van der Waals surface area contributed by atoms with Crippen LogP contribution in [-0.4, -0.2) is 49.8 Å². The van der Waals surface area contributed by atoms with Gasteiger partial charge in [0.25, 0.3) is 0 Å². The van der Waals surface area contributed by atoms with E-state index in [0.717, 1.165) is 39.3 Å². The quantitative estimate of drug-likeness (QED) is 0.723. The van der Waals surface area contributed by atoms with E-state index in [1.54, 1.807) is 0 Å². The van der Waals surface area contributed by atoms with Crippen LogP contribution in [-0.2, 0) is 4.74 Å². The lowest BCUT2D eigenvalue weighted by molar-refractivity contribution is -0.0102. The maximum Gasteiger partial charge on any atom is 0.108 e. The van der Waals surface area contributed by atoms with Gasteiger partial charge < -0.3 is 10.1 Å². The molecule has 1 aliphatic rings. The predicted molar refractivity (Wildman–Crippen MR) is 59.5 cm³/mol. The van der Waals surface area contributed by atoms with E-state index in [4.69, 9.17) is 10.00 Å². The van der Waals surface area contributed by atoms with Crippen LogP contribution in [0.1, 0.15) is 20.3 Å². The van der Waals surface area contributed by atoms with Gasteiger partial charge in [-0.2, -0.15) is 5.26 Å². The standard InChI is InChI=1S/C11H21N3O/c1-3-11-9-15-6-5-14(11)8-10(7-12)13-4-2/h10-11,13H,3-6,8-9H2,1-2H3. The van der Waals surface area contributed by atoms with Crippen LogP contribution in [0.2, 0.25) is 0 Å². The number of nitriles is 1. The third kappa shape index (κ3) is 3.78. The van der Waals surface area contributed by atoms with E-state index in [-0.39, 0.29) is 6.04 Å². The molecule has 1 rings (SSSR count). The van der Waals surface area contributed by atoms with Crippen molar-refractivity contribution in [2.75, 3.05) is 32.8 Å². The molecular weight excluding hydrogens is 190 g/mol. The van der Waals surface area contributed by atoms with Gasteiger partial charge in [0.1, 0.15) is 6.04 Å². The molecule has 0 amide bonds. The van der Waals surface area contributed by atoms with E-state index < -0.39 is 0 Å². The van der Waals surface area contributed by atoms with Gasteiger partial charge in [-0.1, -0.05) is 13.8 Å². The van der Waals surface area contributed by atoms with E-state index >= 15 is 0 Å². The maximum atomic E-state index is 8.98. The first-order valence-corrected chi connectivity index (χ1v) is 5.76. The van der Waals surface area contributed by atoms with E-state index in [1.807, 2.05) is 6.92 Å². The summed E-state index contributed by atoms with van der Waals surface area (Å²) in [6, 6.07) is 2.73. The Labute approximate surface area is 92.2 Å². The molecule has 1 aliphatic heterocycles. The molecule has 0 aliphatic carbocycles. The fraction of sp³-hybridized carbons (Fsp3) is 0.909. The van der Waals surface area contributed by atoms with Gasteiger partial charge >= 0.3 is 0 Å². The van der Waals surface area contributed by atoms with Crippen molar-refractivity contribution < 1.29 is 4.74 Å².